The van der Waals surface area contributed by atoms with Crippen molar-refractivity contribution in [3.63, 3.8) is 0 Å². The van der Waals surface area contributed by atoms with Crippen molar-refractivity contribution in [3.05, 3.63) is 16.0 Å². The lowest BCUT2D eigenvalue weighted by molar-refractivity contribution is -0.0881. The van der Waals surface area contributed by atoms with Crippen LogP contribution in [0.15, 0.2) is 4.47 Å². The third-order valence-electron chi connectivity index (χ3n) is 4.65. The summed E-state index contributed by atoms with van der Waals surface area (Å²) >= 11 is 3.56. The Bertz CT molecular complexity index is 528. The fourth-order valence-corrected chi connectivity index (χ4v) is 3.99. The normalized spacial score (nSPS) is 29.6. The van der Waals surface area contributed by atoms with E-state index in [9.17, 15) is 0 Å². The number of aromatic nitrogens is 2. The van der Waals surface area contributed by atoms with Gasteiger partial charge in [0.2, 0.25) is 0 Å². The first-order valence-corrected chi connectivity index (χ1v) is 8.82. The molecule has 0 spiro atoms. The van der Waals surface area contributed by atoms with Crippen molar-refractivity contribution in [1.82, 2.24) is 9.97 Å². The fraction of sp³-hybridized carbons (Fsp3) is 0.750. The topological polar surface area (TPSA) is 61.0 Å². The molecule has 3 rings (SSSR count). The summed E-state index contributed by atoms with van der Waals surface area (Å²) in [5.41, 5.74) is 6.87. The van der Waals surface area contributed by atoms with Gasteiger partial charge in [0.1, 0.15) is 11.4 Å². The molecule has 1 heterocycles. The molecular weight excluding hydrogens is 330 g/mol. The lowest BCUT2D eigenvalue weighted by atomic mass is 9.78. The number of hydrogen-bond donors (Lipinski definition) is 1. The number of anilines is 1. The molecule has 116 valence electrons. The Hall–Kier alpha value is -0.680. The van der Waals surface area contributed by atoms with Gasteiger partial charge in [0.05, 0.1) is 10.2 Å². The van der Waals surface area contributed by atoms with E-state index in [1.165, 1.54) is 25.7 Å². The van der Waals surface area contributed by atoms with E-state index in [0.717, 1.165) is 28.8 Å². The Kier molecular flexibility index (Phi) is 4.23. The highest BCUT2D eigenvalue weighted by molar-refractivity contribution is 9.10. The zero-order valence-electron chi connectivity index (χ0n) is 12.9. The van der Waals surface area contributed by atoms with Gasteiger partial charge in [-0.2, -0.15) is 0 Å². The van der Waals surface area contributed by atoms with Crippen LogP contribution in [0.4, 0.5) is 5.82 Å². The number of ether oxygens (including phenoxy) is 1. The van der Waals surface area contributed by atoms with Crippen molar-refractivity contribution in [2.45, 2.75) is 63.9 Å². The number of nitrogen functional groups attached to an aromatic ring is 1. The molecule has 1 aromatic rings. The second-order valence-corrected chi connectivity index (χ2v) is 7.33. The second-order valence-electron chi connectivity index (χ2n) is 6.53. The summed E-state index contributed by atoms with van der Waals surface area (Å²) < 4.78 is 7.06. The van der Waals surface area contributed by atoms with E-state index in [1.807, 2.05) is 6.92 Å². The van der Waals surface area contributed by atoms with Crippen molar-refractivity contribution in [2.75, 3.05) is 12.3 Å². The van der Waals surface area contributed by atoms with Crippen LogP contribution >= 0.6 is 15.9 Å². The predicted octanol–water partition coefficient (Wildman–Crippen LogP) is 4.14. The molecule has 0 amide bonds. The van der Waals surface area contributed by atoms with Crippen LogP contribution in [0.25, 0.3) is 0 Å². The number of halogens is 1. The highest BCUT2D eigenvalue weighted by atomic mass is 79.9. The summed E-state index contributed by atoms with van der Waals surface area (Å²) in [6.45, 7) is 5.02. The molecule has 2 atom stereocenters. The van der Waals surface area contributed by atoms with E-state index < -0.39 is 0 Å². The van der Waals surface area contributed by atoms with E-state index in [0.29, 0.717) is 24.3 Å². The van der Waals surface area contributed by atoms with Crippen molar-refractivity contribution < 1.29 is 4.74 Å². The molecule has 2 aliphatic rings. The predicted molar refractivity (Wildman–Crippen MR) is 87.1 cm³/mol. The molecule has 5 heteroatoms. The third-order valence-corrected chi connectivity index (χ3v) is 5.46. The zero-order valence-corrected chi connectivity index (χ0v) is 14.4. The number of rotatable bonds is 4. The minimum atomic E-state index is -0.342. The average Bonchev–Trinajstić information content (AvgIpc) is 3.26. The van der Waals surface area contributed by atoms with Crippen molar-refractivity contribution in [2.24, 2.45) is 5.92 Å². The molecule has 2 aliphatic carbocycles. The molecule has 0 radical (unpaired) electrons. The van der Waals surface area contributed by atoms with Crippen LogP contribution in [0.5, 0.6) is 0 Å². The quantitative estimate of drug-likeness (QED) is 0.883. The van der Waals surface area contributed by atoms with Gasteiger partial charge in [-0.3, -0.25) is 0 Å². The van der Waals surface area contributed by atoms with E-state index in [-0.39, 0.29) is 5.60 Å². The van der Waals surface area contributed by atoms with Crippen LogP contribution in [0.3, 0.4) is 0 Å². The van der Waals surface area contributed by atoms with Gasteiger partial charge in [-0.1, -0.05) is 13.3 Å². The first kappa shape index (κ1) is 15.2. The zero-order chi connectivity index (χ0) is 15.0. The molecule has 0 aromatic carbocycles. The van der Waals surface area contributed by atoms with E-state index in [4.69, 9.17) is 15.5 Å². The summed E-state index contributed by atoms with van der Waals surface area (Å²) in [5, 5.41) is 0. The molecule has 0 bridgehead atoms. The standard InChI is InChI=1S/C16H24BrN3O/c1-3-21-16(8-4-5-10(2)9-16)15-19-13(11-6-7-11)12(17)14(18)20-15/h10-11H,3-9H2,1-2H3,(H2,18,19,20). The Morgan fingerprint density at radius 1 is 1.33 bits per heavy atom. The van der Waals surface area contributed by atoms with Crippen LogP contribution in [-0.2, 0) is 10.3 Å². The lowest BCUT2D eigenvalue weighted by Gasteiger charge is -2.38. The second kappa shape index (κ2) is 5.84. The minimum absolute atomic E-state index is 0.342. The SMILES string of the molecule is CCOC1(c2nc(N)c(Br)c(C3CC3)n2)CCCC(C)C1. The van der Waals surface area contributed by atoms with E-state index >= 15 is 0 Å². The maximum atomic E-state index is 6.18. The summed E-state index contributed by atoms with van der Waals surface area (Å²) in [5.74, 6) is 2.55. The summed E-state index contributed by atoms with van der Waals surface area (Å²) in [6.07, 6.45) is 6.82. The summed E-state index contributed by atoms with van der Waals surface area (Å²) in [4.78, 5) is 9.47. The molecule has 4 nitrogen and oxygen atoms in total. The van der Waals surface area contributed by atoms with E-state index in [2.05, 4.69) is 27.8 Å². The average molecular weight is 354 g/mol. The van der Waals surface area contributed by atoms with Gasteiger partial charge in [0.25, 0.3) is 0 Å². The van der Waals surface area contributed by atoms with Gasteiger partial charge in [-0.05, 0) is 60.9 Å². The molecule has 21 heavy (non-hydrogen) atoms. The van der Waals surface area contributed by atoms with Gasteiger partial charge in [-0.15, -0.1) is 0 Å². The summed E-state index contributed by atoms with van der Waals surface area (Å²) in [6, 6.07) is 0. The van der Waals surface area contributed by atoms with Crippen LogP contribution < -0.4 is 5.73 Å². The molecular formula is C16H24BrN3O. The first-order valence-electron chi connectivity index (χ1n) is 8.03. The van der Waals surface area contributed by atoms with Crippen LogP contribution in [0, 0.1) is 5.92 Å². The first-order chi connectivity index (χ1) is 10.1. The Morgan fingerprint density at radius 3 is 2.71 bits per heavy atom. The molecule has 2 unspecified atom stereocenters. The maximum absolute atomic E-state index is 6.18. The highest BCUT2D eigenvalue weighted by Crippen LogP contribution is 2.46. The van der Waals surface area contributed by atoms with Gasteiger partial charge in [-0.25, -0.2) is 9.97 Å². The Labute approximate surface area is 135 Å². The molecule has 2 fully saturated rings. The third kappa shape index (κ3) is 2.95. The van der Waals surface area contributed by atoms with Crippen molar-refractivity contribution in [3.8, 4) is 0 Å². The van der Waals surface area contributed by atoms with Crippen LogP contribution in [0.1, 0.15) is 69.8 Å². The van der Waals surface area contributed by atoms with Crippen LogP contribution in [-0.4, -0.2) is 16.6 Å². The smallest absolute Gasteiger partial charge is 0.162 e. The number of hydrogen-bond acceptors (Lipinski definition) is 4. The molecule has 1 aromatic heterocycles. The molecule has 2 N–H and O–H groups in total. The largest absolute Gasteiger partial charge is 0.383 e. The van der Waals surface area contributed by atoms with Crippen molar-refractivity contribution in [1.29, 1.82) is 0 Å². The lowest BCUT2D eigenvalue weighted by Crippen LogP contribution is -2.37. The highest BCUT2D eigenvalue weighted by Gasteiger charge is 2.41. The van der Waals surface area contributed by atoms with Crippen molar-refractivity contribution >= 4 is 21.7 Å². The minimum Gasteiger partial charge on any atom is -0.383 e. The van der Waals surface area contributed by atoms with E-state index in [1.54, 1.807) is 0 Å². The van der Waals surface area contributed by atoms with Gasteiger partial charge < -0.3 is 10.5 Å². The fourth-order valence-electron chi connectivity index (χ4n) is 3.49. The van der Waals surface area contributed by atoms with Crippen LogP contribution in [0.2, 0.25) is 0 Å². The van der Waals surface area contributed by atoms with Gasteiger partial charge in [0.15, 0.2) is 5.82 Å². The number of nitrogens with zero attached hydrogens (tertiary/aromatic N) is 2. The molecule has 2 saturated carbocycles. The van der Waals surface area contributed by atoms with Gasteiger partial charge >= 0.3 is 0 Å². The molecule has 0 aliphatic heterocycles. The molecule has 0 saturated heterocycles. The Morgan fingerprint density at radius 2 is 2.10 bits per heavy atom. The summed E-state index contributed by atoms with van der Waals surface area (Å²) in [7, 11) is 0. The Balaban J connectivity index is 2.02. The number of nitrogens with two attached hydrogens (primary N) is 1. The monoisotopic (exact) mass is 353 g/mol. The van der Waals surface area contributed by atoms with Gasteiger partial charge in [0, 0.05) is 12.5 Å². The maximum Gasteiger partial charge on any atom is 0.162 e.